The van der Waals surface area contributed by atoms with E-state index < -0.39 is 11.6 Å². The molecule has 0 aliphatic carbocycles. The van der Waals surface area contributed by atoms with E-state index in [9.17, 15) is 23.1 Å². The first-order chi connectivity index (χ1) is 24.8. The number of allylic oxidation sites excluding steroid dienone is 2. The Hall–Kier alpha value is -3.74. The molecule has 0 spiro atoms. The number of ketones is 1. The third-order valence-corrected chi connectivity index (χ3v) is 10.3. The molecule has 2 heterocycles. The number of benzene rings is 3. The fourth-order valence-corrected chi connectivity index (χ4v) is 6.64. The molecule has 0 aliphatic heterocycles. The van der Waals surface area contributed by atoms with Crippen LogP contribution in [0.3, 0.4) is 0 Å². The van der Waals surface area contributed by atoms with E-state index in [1.54, 1.807) is 12.1 Å². The van der Waals surface area contributed by atoms with Crippen molar-refractivity contribution in [1.29, 1.82) is 0 Å². The van der Waals surface area contributed by atoms with Gasteiger partial charge in [0.1, 0.15) is 11.3 Å². The number of hydrogen-bond donors (Lipinski definition) is 1. The average Bonchev–Trinajstić information content (AvgIpc) is 3.55. The van der Waals surface area contributed by atoms with Crippen LogP contribution < -0.4 is 0 Å². The molecule has 54 heavy (non-hydrogen) atoms. The Labute approximate surface area is 333 Å². The van der Waals surface area contributed by atoms with Gasteiger partial charge in [0.25, 0.3) is 0 Å². The molecular formula is C46H55F3IrNO3-. The number of furan rings is 1. The van der Waals surface area contributed by atoms with Crippen molar-refractivity contribution in [2.24, 2.45) is 17.3 Å². The van der Waals surface area contributed by atoms with Gasteiger partial charge in [0.15, 0.2) is 5.78 Å². The van der Waals surface area contributed by atoms with Crippen LogP contribution in [0.4, 0.5) is 13.2 Å². The molecule has 1 radical (unpaired) electrons. The Morgan fingerprint density at radius 2 is 1.46 bits per heavy atom. The second-order valence-electron chi connectivity index (χ2n) is 15.8. The van der Waals surface area contributed by atoms with E-state index in [2.05, 4.69) is 45.0 Å². The Bertz CT molecular complexity index is 2040. The molecule has 5 rings (SSSR count). The maximum Gasteiger partial charge on any atom is 0.394 e. The van der Waals surface area contributed by atoms with Crippen molar-refractivity contribution in [2.45, 2.75) is 113 Å². The third kappa shape index (κ3) is 10.3. The van der Waals surface area contributed by atoms with Gasteiger partial charge in [-0.05, 0) is 61.6 Å². The number of carbonyl (C=O) groups excluding carboxylic acids is 1. The summed E-state index contributed by atoms with van der Waals surface area (Å²) in [4.78, 5) is 16.5. The molecule has 0 unspecified atom stereocenters. The molecule has 0 aliphatic rings. The minimum atomic E-state index is -4.27. The van der Waals surface area contributed by atoms with Crippen molar-refractivity contribution in [2.75, 3.05) is 0 Å². The van der Waals surface area contributed by atoms with Gasteiger partial charge < -0.3 is 9.52 Å². The van der Waals surface area contributed by atoms with Crippen molar-refractivity contribution < 1.29 is 47.6 Å². The van der Waals surface area contributed by atoms with Crippen molar-refractivity contribution in [1.82, 2.24) is 4.98 Å². The second-order valence-corrected chi connectivity index (χ2v) is 15.8. The van der Waals surface area contributed by atoms with E-state index in [0.29, 0.717) is 16.9 Å². The van der Waals surface area contributed by atoms with E-state index >= 15 is 0 Å². The first-order valence-corrected chi connectivity index (χ1v) is 18.8. The van der Waals surface area contributed by atoms with Crippen molar-refractivity contribution in [3.63, 3.8) is 0 Å². The number of nitrogens with zero attached hydrogens (tertiary/aromatic N) is 1. The Morgan fingerprint density at radius 1 is 0.870 bits per heavy atom. The summed E-state index contributed by atoms with van der Waals surface area (Å²) >= 11 is 0. The molecule has 4 nitrogen and oxygen atoms in total. The van der Waals surface area contributed by atoms with Gasteiger partial charge >= 0.3 is 6.18 Å². The monoisotopic (exact) mass is 919 g/mol. The van der Waals surface area contributed by atoms with Crippen molar-refractivity contribution in [3.8, 4) is 22.6 Å². The van der Waals surface area contributed by atoms with Crippen LogP contribution in [0.5, 0.6) is 0 Å². The van der Waals surface area contributed by atoms with Gasteiger partial charge in [-0.25, -0.2) is 0 Å². The third-order valence-electron chi connectivity index (χ3n) is 10.3. The number of aliphatic hydroxyl groups excluding tert-OH is 1. The van der Waals surface area contributed by atoms with Crippen LogP contribution in [0.1, 0.15) is 105 Å². The van der Waals surface area contributed by atoms with Crippen LogP contribution >= 0.6 is 0 Å². The standard InChI is InChI=1S/C33H31F3NO.C13H24O2.Ir/c1-20-19-37-29(24-15-23-9-7-8-10-25(23)27(16-24)31(2,3)4)30-26(20)17-28(38-30)22-13-11-21(12-14-22)18-32(5,6)33(34,35)36;1-5-10(6-2)12(14)9-13(15)11(7-3)8-4;/h7-14,16-17,19H,18H2,1-6H3;9-11,14H,5-8H2,1-4H3;/q-1;;/b;12-9-;. The van der Waals surface area contributed by atoms with E-state index in [-0.39, 0.29) is 55.3 Å². The van der Waals surface area contributed by atoms with Gasteiger partial charge in [0.05, 0.1) is 11.2 Å². The number of alkyl halides is 3. The van der Waals surface area contributed by atoms with Crippen molar-refractivity contribution >= 4 is 27.5 Å². The van der Waals surface area contributed by atoms with Crippen LogP contribution in [0, 0.1) is 30.2 Å². The number of aryl methyl sites for hydroxylation is 1. The summed E-state index contributed by atoms with van der Waals surface area (Å²) in [6.07, 6.45) is 2.40. The number of aliphatic hydroxyl groups is 1. The number of fused-ring (bicyclic) bond motifs is 2. The molecule has 0 saturated heterocycles. The number of carbonyl (C=O) groups is 1. The molecule has 293 valence electrons. The smallest absolute Gasteiger partial charge is 0.394 e. The molecule has 0 bridgehead atoms. The maximum atomic E-state index is 13.4. The number of hydrogen-bond acceptors (Lipinski definition) is 4. The summed E-state index contributed by atoms with van der Waals surface area (Å²) in [6.45, 7) is 19.1. The molecule has 8 heteroatoms. The van der Waals surface area contributed by atoms with Gasteiger partial charge in [-0.15, -0.1) is 29.1 Å². The normalized spacial score (nSPS) is 12.6. The number of rotatable bonds is 11. The number of pyridine rings is 1. The number of aromatic nitrogens is 1. The van der Waals surface area contributed by atoms with Crippen LogP contribution in [-0.2, 0) is 36.7 Å². The molecule has 0 amide bonds. The zero-order chi connectivity index (χ0) is 39.3. The summed E-state index contributed by atoms with van der Waals surface area (Å²) in [5.41, 5.74) is 4.01. The van der Waals surface area contributed by atoms with E-state index in [0.717, 1.165) is 58.8 Å². The van der Waals surface area contributed by atoms with Crippen LogP contribution in [0.15, 0.2) is 83.1 Å². The SMILES string of the molecule is CCC(CC)C(=O)/C=C(\O)C(CC)CC.Cc1cnc(-c2[c-]c3ccccc3c(C(C)(C)C)c2)c2oc(-c3ccc(CC(C)(C)C(F)(F)F)cc3)cc12.[Ir]. The van der Waals surface area contributed by atoms with E-state index in [4.69, 9.17) is 9.40 Å². The van der Waals surface area contributed by atoms with Crippen molar-refractivity contribution in [3.05, 3.63) is 101 Å². The zero-order valence-corrected chi connectivity index (χ0v) is 35.7. The summed E-state index contributed by atoms with van der Waals surface area (Å²) in [7, 11) is 0. The van der Waals surface area contributed by atoms with Crippen LogP contribution in [0.2, 0.25) is 0 Å². The minimum Gasteiger partial charge on any atom is -0.512 e. The molecule has 3 aromatic carbocycles. The fraction of sp³-hybridized carbons (Fsp3) is 0.435. The molecule has 0 atom stereocenters. The van der Waals surface area contributed by atoms with Crippen LogP contribution in [-0.4, -0.2) is 22.1 Å². The summed E-state index contributed by atoms with van der Waals surface area (Å²) in [5, 5.41) is 12.9. The molecule has 1 N–H and O–H groups in total. The van der Waals surface area contributed by atoms with Gasteiger partial charge in [-0.3, -0.25) is 9.78 Å². The molecule has 2 aromatic heterocycles. The predicted octanol–water partition coefficient (Wildman–Crippen LogP) is 13.7. The Kier molecular flexibility index (Phi) is 15.1. The second kappa shape index (κ2) is 18.3. The summed E-state index contributed by atoms with van der Waals surface area (Å²) < 4.78 is 46.4. The summed E-state index contributed by atoms with van der Waals surface area (Å²) in [6, 6.07) is 23.1. The fourth-order valence-electron chi connectivity index (χ4n) is 6.64. The first-order valence-electron chi connectivity index (χ1n) is 18.8. The minimum absolute atomic E-state index is 0. The number of halogens is 3. The Morgan fingerprint density at radius 3 is 2.02 bits per heavy atom. The maximum absolute atomic E-state index is 13.4. The molecule has 0 saturated carbocycles. The van der Waals surface area contributed by atoms with Crippen LogP contribution in [0.25, 0.3) is 44.3 Å². The average molecular weight is 919 g/mol. The largest absolute Gasteiger partial charge is 0.512 e. The quantitative estimate of drug-likeness (QED) is 0.0814. The summed E-state index contributed by atoms with van der Waals surface area (Å²) in [5.74, 6) is 1.20. The first kappa shape index (κ1) is 44.7. The molecular weight excluding hydrogens is 864 g/mol. The predicted molar refractivity (Wildman–Crippen MR) is 212 cm³/mol. The zero-order valence-electron chi connectivity index (χ0n) is 33.3. The van der Waals surface area contributed by atoms with E-state index in [1.165, 1.54) is 30.9 Å². The molecule has 5 aromatic rings. The molecule has 0 fully saturated rings. The van der Waals surface area contributed by atoms with E-state index in [1.807, 2.05) is 71.1 Å². The topological polar surface area (TPSA) is 63.3 Å². The van der Waals surface area contributed by atoms with Gasteiger partial charge in [-0.2, -0.15) is 13.2 Å². The Balaban J connectivity index is 0.000000418. The van der Waals surface area contributed by atoms with Gasteiger partial charge in [0.2, 0.25) is 0 Å². The van der Waals surface area contributed by atoms with Gasteiger partial charge in [-0.1, -0.05) is 116 Å². The van der Waals surface area contributed by atoms with Gasteiger partial charge in [0, 0.05) is 60.9 Å².